The highest BCUT2D eigenvalue weighted by Gasteiger charge is 2.41. The molecule has 3 aliphatic rings. The number of fused-ring (bicyclic) bond motifs is 2. The van der Waals surface area contributed by atoms with Crippen LogP contribution in [0.3, 0.4) is 0 Å². The second kappa shape index (κ2) is 9.74. The normalized spacial score (nSPS) is 30.7. The maximum absolute atomic E-state index is 13.0. The van der Waals surface area contributed by atoms with E-state index in [-0.39, 0.29) is 24.5 Å². The molecule has 0 saturated heterocycles. The van der Waals surface area contributed by atoms with E-state index in [2.05, 4.69) is 17.4 Å². The van der Waals surface area contributed by atoms with Crippen molar-refractivity contribution in [2.75, 3.05) is 26.4 Å². The molecule has 5 atom stereocenters. The Morgan fingerprint density at radius 3 is 2.69 bits per heavy atom. The molecule has 5 unspecified atom stereocenters. The molecule has 1 aromatic carbocycles. The fourth-order valence-corrected chi connectivity index (χ4v) is 4.92. The summed E-state index contributed by atoms with van der Waals surface area (Å²) in [5, 5.41) is 12.0. The van der Waals surface area contributed by atoms with Crippen molar-refractivity contribution >= 4 is 5.91 Å². The summed E-state index contributed by atoms with van der Waals surface area (Å²) in [6.45, 7) is 1.02. The first-order valence-electron chi connectivity index (χ1n) is 10.8. The highest BCUT2D eigenvalue weighted by Crippen LogP contribution is 2.44. The molecule has 2 bridgehead atoms. The Morgan fingerprint density at radius 2 is 1.97 bits per heavy atom. The van der Waals surface area contributed by atoms with Crippen molar-refractivity contribution in [2.24, 2.45) is 11.8 Å². The highest BCUT2D eigenvalue weighted by atomic mass is 16.7. The van der Waals surface area contributed by atoms with E-state index in [0.29, 0.717) is 37.9 Å². The Balaban J connectivity index is 1.40. The van der Waals surface area contributed by atoms with Gasteiger partial charge in [0.15, 0.2) is 5.76 Å². The zero-order valence-electron chi connectivity index (χ0n) is 16.8. The Morgan fingerprint density at radius 1 is 1.10 bits per heavy atom. The van der Waals surface area contributed by atoms with Crippen LogP contribution in [-0.4, -0.2) is 49.8 Å². The lowest BCUT2D eigenvalue weighted by Crippen LogP contribution is -2.41. The van der Waals surface area contributed by atoms with Crippen LogP contribution in [0.1, 0.15) is 43.6 Å². The zero-order chi connectivity index (χ0) is 20.1. The van der Waals surface area contributed by atoms with Gasteiger partial charge in [0.1, 0.15) is 0 Å². The minimum Gasteiger partial charge on any atom is -0.459 e. The van der Waals surface area contributed by atoms with Crippen molar-refractivity contribution in [2.45, 2.75) is 50.4 Å². The van der Waals surface area contributed by atoms with Crippen LogP contribution in [0, 0.1) is 11.8 Å². The zero-order valence-corrected chi connectivity index (χ0v) is 16.8. The van der Waals surface area contributed by atoms with Crippen LogP contribution in [0.2, 0.25) is 0 Å². The molecule has 29 heavy (non-hydrogen) atoms. The van der Waals surface area contributed by atoms with Crippen LogP contribution in [-0.2, 0) is 19.0 Å². The van der Waals surface area contributed by atoms with Gasteiger partial charge in [-0.1, -0.05) is 36.8 Å². The molecular weight excluding hydrogens is 370 g/mol. The van der Waals surface area contributed by atoms with E-state index < -0.39 is 6.29 Å². The first-order valence-corrected chi connectivity index (χ1v) is 10.8. The number of allylic oxidation sites excluding steroid dienone is 1. The molecular formula is C23H31NO5. The number of amides is 1. The van der Waals surface area contributed by atoms with Crippen LogP contribution in [0.25, 0.3) is 0 Å². The van der Waals surface area contributed by atoms with Gasteiger partial charge in [0.05, 0.1) is 26.4 Å². The van der Waals surface area contributed by atoms with Gasteiger partial charge < -0.3 is 24.6 Å². The summed E-state index contributed by atoms with van der Waals surface area (Å²) in [6, 6.07) is 10.4. The Bertz CT molecular complexity index is 706. The maximum atomic E-state index is 13.0. The molecule has 0 spiro atoms. The monoisotopic (exact) mass is 401 g/mol. The Kier molecular flexibility index (Phi) is 6.85. The third kappa shape index (κ3) is 5.18. The van der Waals surface area contributed by atoms with E-state index in [1.165, 1.54) is 19.3 Å². The van der Waals surface area contributed by atoms with Crippen molar-refractivity contribution in [3.8, 4) is 0 Å². The summed E-state index contributed by atoms with van der Waals surface area (Å²) >= 11 is 0. The number of benzene rings is 1. The number of hydrogen-bond donors (Lipinski definition) is 2. The fraction of sp³-hybridized carbons (Fsp3) is 0.609. The van der Waals surface area contributed by atoms with Crippen LogP contribution in [0.15, 0.2) is 42.2 Å². The SMILES string of the molecule is O=C(NC1CC2CCC1C2)C1=CC(c2ccccc2)CC(OCCOCCO)O1. The summed E-state index contributed by atoms with van der Waals surface area (Å²) in [5.41, 5.74) is 1.14. The third-order valence-electron chi connectivity index (χ3n) is 6.33. The van der Waals surface area contributed by atoms with E-state index in [9.17, 15) is 4.79 Å². The van der Waals surface area contributed by atoms with Gasteiger partial charge in [0.2, 0.25) is 6.29 Å². The number of ether oxygens (including phenoxy) is 3. The van der Waals surface area contributed by atoms with E-state index in [1.54, 1.807) is 0 Å². The Hall–Kier alpha value is -1.89. The summed E-state index contributed by atoms with van der Waals surface area (Å²) in [6.07, 6.45) is 6.95. The number of carbonyl (C=O) groups excluding carboxylic acids is 1. The summed E-state index contributed by atoms with van der Waals surface area (Å²) in [7, 11) is 0. The largest absolute Gasteiger partial charge is 0.459 e. The molecule has 4 rings (SSSR count). The lowest BCUT2D eigenvalue weighted by molar-refractivity contribution is -0.151. The molecule has 6 nitrogen and oxygen atoms in total. The van der Waals surface area contributed by atoms with Gasteiger partial charge in [-0.15, -0.1) is 0 Å². The van der Waals surface area contributed by atoms with Gasteiger partial charge in [-0.25, -0.2) is 0 Å². The molecule has 6 heteroatoms. The standard InChI is InChI=1S/C23H31NO5/c25-8-9-27-10-11-28-22-15-19(17-4-2-1-3-5-17)14-21(29-22)23(26)24-20-13-16-6-7-18(20)12-16/h1-5,14,16,18-20,22,25H,6-13,15H2,(H,24,26). The van der Waals surface area contributed by atoms with E-state index in [0.717, 1.165) is 17.9 Å². The molecule has 0 aromatic heterocycles. The summed E-state index contributed by atoms with van der Waals surface area (Å²) < 4.78 is 17.0. The second-order valence-electron chi connectivity index (χ2n) is 8.29. The average molecular weight is 402 g/mol. The van der Waals surface area contributed by atoms with Gasteiger partial charge >= 0.3 is 0 Å². The second-order valence-corrected chi connectivity index (χ2v) is 8.29. The molecule has 1 aliphatic heterocycles. The summed E-state index contributed by atoms with van der Waals surface area (Å²) in [5.74, 6) is 1.68. The van der Waals surface area contributed by atoms with Crippen LogP contribution < -0.4 is 5.32 Å². The van der Waals surface area contributed by atoms with Gasteiger partial charge in [-0.2, -0.15) is 0 Å². The van der Waals surface area contributed by atoms with Crippen molar-refractivity contribution < 1.29 is 24.1 Å². The van der Waals surface area contributed by atoms with E-state index in [4.69, 9.17) is 19.3 Å². The molecule has 2 saturated carbocycles. The number of carbonyl (C=O) groups is 1. The molecule has 1 amide bonds. The van der Waals surface area contributed by atoms with Crippen molar-refractivity contribution in [3.63, 3.8) is 0 Å². The minimum absolute atomic E-state index is 0.00785. The van der Waals surface area contributed by atoms with Gasteiger partial charge in [0, 0.05) is 18.4 Å². The minimum atomic E-state index is -0.497. The lowest BCUT2D eigenvalue weighted by Gasteiger charge is -2.30. The first-order chi connectivity index (χ1) is 14.2. The fourth-order valence-electron chi connectivity index (χ4n) is 4.92. The predicted octanol–water partition coefficient (Wildman–Crippen LogP) is 2.73. The molecule has 1 heterocycles. The molecule has 2 aliphatic carbocycles. The number of hydrogen-bond acceptors (Lipinski definition) is 5. The summed E-state index contributed by atoms with van der Waals surface area (Å²) in [4.78, 5) is 13.0. The highest BCUT2D eigenvalue weighted by molar-refractivity contribution is 5.92. The Labute approximate surface area is 172 Å². The molecule has 2 N–H and O–H groups in total. The van der Waals surface area contributed by atoms with Crippen LogP contribution in [0.5, 0.6) is 0 Å². The first kappa shape index (κ1) is 20.4. The van der Waals surface area contributed by atoms with Crippen molar-refractivity contribution in [1.29, 1.82) is 0 Å². The van der Waals surface area contributed by atoms with E-state index >= 15 is 0 Å². The molecule has 0 radical (unpaired) electrons. The number of aliphatic hydroxyl groups excluding tert-OH is 1. The molecule has 2 fully saturated rings. The van der Waals surface area contributed by atoms with Gasteiger partial charge in [-0.3, -0.25) is 4.79 Å². The molecule has 158 valence electrons. The lowest BCUT2D eigenvalue weighted by atomic mass is 9.92. The van der Waals surface area contributed by atoms with Gasteiger partial charge in [-0.05, 0) is 42.7 Å². The quantitative estimate of drug-likeness (QED) is 0.622. The van der Waals surface area contributed by atoms with Crippen molar-refractivity contribution in [1.82, 2.24) is 5.32 Å². The molecule has 1 aromatic rings. The maximum Gasteiger partial charge on any atom is 0.286 e. The van der Waals surface area contributed by atoms with Crippen LogP contribution in [0.4, 0.5) is 0 Å². The number of nitrogens with one attached hydrogen (secondary N) is 1. The average Bonchev–Trinajstić information content (AvgIpc) is 3.37. The predicted molar refractivity (Wildman–Crippen MR) is 108 cm³/mol. The topological polar surface area (TPSA) is 77.0 Å². The smallest absolute Gasteiger partial charge is 0.286 e. The number of rotatable bonds is 9. The van der Waals surface area contributed by atoms with E-state index in [1.807, 2.05) is 24.3 Å². The van der Waals surface area contributed by atoms with Gasteiger partial charge in [0.25, 0.3) is 5.91 Å². The number of aliphatic hydroxyl groups is 1. The van der Waals surface area contributed by atoms with Crippen LogP contribution >= 0.6 is 0 Å². The third-order valence-corrected chi connectivity index (χ3v) is 6.33. The van der Waals surface area contributed by atoms with Crippen molar-refractivity contribution in [3.05, 3.63) is 47.7 Å².